The Morgan fingerprint density at radius 2 is 1.57 bits per heavy atom. The van der Waals surface area contributed by atoms with Crippen LogP contribution in [0.2, 0.25) is 0 Å². The number of allylic oxidation sites excluding steroid dienone is 5. The van der Waals surface area contributed by atoms with Crippen LogP contribution in [0.15, 0.2) is 36.0 Å². The topological polar surface area (TPSA) is 26.0 Å². The highest BCUT2D eigenvalue weighted by Crippen LogP contribution is 2.75. The summed E-state index contributed by atoms with van der Waals surface area (Å²) in [6, 6.07) is 0. The highest BCUT2D eigenvalue weighted by molar-refractivity contribution is 5.41. The van der Waals surface area contributed by atoms with Gasteiger partial charge in [0.05, 0.1) is 6.67 Å². The molecule has 9 atom stereocenters. The van der Waals surface area contributed by atoms with E-state index in [0.29, 0.717) is 16.2 Å². The predicted octanol–water partition coefficient (Wildman–Crippen LogP) is 11.0. The second-order valence-corrected chi connectivity index (χ2v) is 15.9. The van der Waals surface area contributed by atoms with E-state index in [9.17, 15) is 4.39 Å². The SMILES string of the molecule is C=CC.CC.CC1(C)C(C2=CCC(CF)CC2)=CCC2(C)C1CCC1(C)C2CCC2C3CCCC3(N)CC[C@]21C. The van der Waals surface area contributed by atoms with Gasteiger partial charge in [0, 0.05) is 5.54 Å². The Morgan fingerprint density at radius 3 is 2.20 bits per heavy atom. The summed E-state index contributed by atoms with van der Waals surface area (Å²) in [7, 11) is 0. The van der Waals surface area contributed by atoms with E-state index in [1.165, 1.54) is 64.2 Å². The van der Waals surface area contributed by atoms with Crippen molar-refractivity contribution in [3.8, 4) is 0 Å². The van der Waals surface area contributed by atoms with E-state index in [0.717, 1.165) is 42.9 Å². The molecule has 6 aliphatic rings. The Kier molecular flexibility index (Phi) is 9.33. The van der Waals surface area contributed by atoms with Gasteiger partial charge in [0.2, 0.25) is 0 Å². The van der Waals surface area contributed by atoms with Crippen molar-refractivity contribution in [2.45, 2.75) is 144 Å². The molecule has 0 heterocycles. The maximum absolute atomic E-state index is 13.3. The zero-order valence-electron chi connectivity index (χ0n) is 27.7. The van der Waals surface area contributed by atoms with Crippen LogP contribution in [0.25, 0.3) is 0 Å². The second-order valence-electron chi connectivity index (χ2n) is 15.9. The highest BCUT2D eigenvalue weighted by Gasteiger charge is 2.69. The molecule has 6 aliphatic carbocycles. The van der Waals surface area contributed by atoms with Gasteiger partial charge >= 0.3 is 0 Å². The largest absolute Gasteiger partial charge is 0.325 e. The van der Waals surface area contributed by atoms with Crippen molar-refractivity contribution in [3.63, 3.8) is 0 Å². The van der Waals surface area contributed by atoms with E-state index < -0.39 is 0 Å². The van der Waals surface area contributed by atoms with Crippen LogP contribution in [0.5, 0.6) is 0 Å². The second kappa shape index (κ2) is 11.7. The molecule has 4 saturated carbocycles. The van der Waals surface area contributed by atoms with Crippen LogP contribution < -0.4 is 5.73 Å². The fraction of sp³-hybridized carbons (Fsp3) is 0.842. The first-order valence-electron chi connectivity index (χ1n) is 17.2. The van der Waals surface area contributed by atoms with Gasteiger partial charge in [0.1, 0.15) is 0 Å². The molecule has 0 spiro atoms. The van der Waals surface area contributed by atoms with Gasteiger partial charge in [-0.1, -0.05) is 73.1 Å². The molecule has 40 heavy (non-hydrogen) atoms. The maximum Gasteiger partial charge on any atom is 0.0925 e. The number of hydrogen-bond acceptors (Lipinski definition) is 1. The standard InChI is InChI=1S/C33H52FN.C3H6.C2H6/c1-29(2)24(23-10-8-22(21-34)9-11-23)14-17-30(3)27(29)15-18-32(5)28(30)13-12-25-26-7-6-16-33(26,35)20-19-31(25,32)4;1-3-2;1-2/h10,14,22,25-28H,6-9,11-13,15-21,35H2,1-5H3;3H,1H2,2H3;1-2H3/t22?,25?,26?,27?,28?,30?,31-,32?,33?;;/m1../s1. The Hall–Kier alpha value is -0.890. The molecule has 0 aromatic carbocycles. The van der Waals surface area contributed by atoms with Crippen molar-refractivity contribution < 1.29 is 4.39 Å². The van der Waals surface area contributed by atoms with Crippen LogP contribution in [0.1, 0.15) is 139 Å². The molecule has 0 aromatic rings. The van der Waals surface area contributed by atoms with Crippen molar-refractivity contribution in [2.75, 3.05) is 6.67 Å². The fourth-order valence-corrected chi connectivity index (χ4v) is 12.0. The van der Waals surface area contributed by atoms with Crippen LogP contribution in [0.4, 0.5) is 4.39 Å². The monoisotopic (exact) mass is 554 g/mol. The molecule has 0 saturated heterocycles. The molecule has 1 nitrogen and oxygen atoms in total. The molecule has 0 aliphatic heterocycles. The van der Waals surface area contributed by atoms with Crippen LogP contribution in [0.3, 0.4) is 0 Å². The first kappa shape index (κ1) is 32.0. The molecule has 0 radical (unpaired) electrons. The number of alkyl halides is 1. The molecular formula is C38H64FN. The average molecular weight is 554 g/mol. The van der Waals surface area contributed by atoms with Gasteiger partial charge in [-0.2, -0.15) is 0 Å². The molecule has 228 valence electrons. The van der Waals surface area contributed by atoms with E-state index in [-0.39, 0.29) is 23.5 Å². The number of halogens is 1. The predicted molar refractivity (Wildman–Crippen MR) is 172 cm³/mol. The summed E-state index contributed by atoms with van der Waals surface area (Å²) in [6.07, 6.45) is 23.3. The average Bonchev–Trinajstić information content (AvgIpc) is 3.32. The van der Waals surface area contributed by atoms with Gasteiger partial charge in [0.25, 0.3) is 0 Å². The number of hydrogen-bond donors (Lipinski definition) is 1. The van der Waals surface area contributed by atoms with E-state index in [4.69, 9.17) is 5.73 Å². The third-order valence-corrected chi connectivity index (χ3v) is 14.1. The Balaban J connectivity index is 0.000000695. The minimum Gasteiger partial charge on any atom is -0.325 e. The van der Waals surface area contributed by atoms with Crippen LogP contribution in [-0.4, -0.2) is 12.2 Å². The summed E-state index contributed by atoms with van der Waals surface area (Å²) in [4.78, 5) is 0. The van der Waals surface area contributed by atoms with E-state index in [1.807, 2.05) is 20.8 Å². The molecular weight excluding hydrogens is 489 g/mol. The molecule has 6 rings (SSSR count). The Morgan fingerprint density at radius 1 is 0.875 bits per heavy atom. The molecule has 2 N–H and O–H groups in total. The van der Waals surface area contributed by atoms with Gasteiger partial charge in [-0.25, -0.2) is 0 Å². The quantitative estimate of drug-likeness (QED) is 0.338. The first-order chi connectivity index (χ1) is 18.9. The van der Waals surface area contributed by atoms with Gasteiger partial charge < -0.3 is 5.73 Å². The zero-order chi connectivity index (χ0) is 29.6. The van der Waals surface area contributed by atoms with Crippen molar-refractivity contribution in [1.82, 2.24) is 0 Å². The summed E-state index contributed by atoms with van der Waals surface area (Å²) < 4.78 is 13.3. The number of fused-ring (bicyclic) bond motifs is 7. The summed E-state index contributed by atoms with van der Waals surface area (Å²) in [5.41, 5.74) is 11.9. The smallest absolute Gasteiger partial charge is 0.0925 e. The molecule has 0 amide bonds. The lowest BCUT2D eigenvalue weighted by Crippen LogP contribution is -2.66. The number of nitrogens with two attached hydrogens (primary N) is 1. The summed E-state index contributed by atoms with van der Waals surface area (Å²) >= 11 is 0. The molecule has 0 bridgehead atoms. The van der Waals surface area contributed by atoms with Crippen molar-refractivity contribution in [2.24, 2.45) is 57.0 Å². The zero-order valence-corrected chi connectivity index (χ0v) is 27.7. The number of rotatable bonds is 2. The Labute approximate surface area is 248 Å². The van der Waals surface area contributed by atoms with Crippen LogP contribution in [-0.2, 0) is 0 Å². The van der Waals surface area contributed by atoms with E-state index >= 15 is 0 Å². The van der Waals surface area contributed by atoms with E-state index in [1.54, 1.807) is 17.2 Å². The molecule has 0 aromatic heterocycles. The van der Waals surface area contributed by atoms with Crippen molar-refractivity contribution in [3.05, 3.63) is 36.0 Å². The molecule has 8 unspecified atom stereocenters. The third kappa shape index (κ3) is 4.73. The molecule has 2 heteroatoms. The normalized spacial score (nSPS) is 46.8. The minimum atomic E-state index is -0.154. The van der Waals surface area contributed by atoms with E-state index in [2.05, 4.69) is 53.3 Å². The summed E-state index contributed by atoms with van der Waals surface area (Å²) in [5.74, 6) is 3.42. The Bertz CT molecular complexity index is 976. The lowest BCUT2D eigenvalue weighted by Gasteiger charge is -2.72. The van der Waals surface area contributed by atoms with Gasteiger partial charge in [-0.15, -0.1) is 6.58 Å². The highest BCUT2D eigenvalue weighted by atomic mass is 19.1. The van der Waals surface area contributed by atoms with Gasteiger partial charge in [-0.3, -0.25) is 4.39 Å². The first-order valence-corrected chi connectivity index (χ1v) is 17.2. The minimum absolute atomic E-state index is 0.147. The lowest BCUT2D eigenvalue weighted by atomic mass is 9.33. The van der Waals surface area contributed by atoms with Gasteiger partial charge in [0.15, 0.2) is 0 Å². The maximum atomic E-state index is 13.3. The van der Waals surface area contributed by atoms with Crippen LogP contribution >= 0.6 is 0 Å². The van der Waals surface area contributed by atoms with Crippen molar-refractivity contribution in [1.29, 1.82) is 0 Å². The van der Waals surface area contributed by atoms with Crippen LogP contribution in [0, 0.1) is 51.2 Å². The van der Waals surface area contributed by atoms with Crippen molar-refractivity contribution >= 4 is 0 Å². The lowest BCUT2D eigenvalue weighted by molar-refractivity contribution is -0.216. The molecule has 4 fully saturated rings. The fourth-order valence-electron chi connectivity index (χ4n) is 12.0. The third-order valence-electron chi connectivity index (χ3n) is 14.1. The summed E-state index contributed by atoms with van der Waals surface area (Å²) in [6.45, 7) is 22.4. The summed E-state index contributed by atoms with van der Waals surface area (Å²) in [5, 5.41) is 0. The van der Waals surface area contributed by atoms with Gasteiger partial charge in [-0.05, 0) is 146 Å².